The maximum atomic E-state index is 13.0. The lowest BCUT2D eigenvalue weighted by atomic mass is 10.1. The van der Waals surface area contributed by atoms with E-state index in [1.165, 1.54) is 6.92 Å². The van der Waals surface area contributed by atoms with E-state index in [2.05, 4.69) is 4.98 Å². The number of amides is 1. The molecule has 0 atom stereocenters. The molecule has 1 amide bonds. The van der Waals surface area contributed by atoms with Crippen molar-refractivity contribution in [2.75, 3.05) is 4.90 Å². The molecule has 0 saturated heterocycles. The van der Waals surface area contributed by atoms with Gasteiger partial charge in [0.15, 0.2) is 5.78 Å². The quantitative estimate of drug-likeness (QED) is 0.656. The highest BCUT2D eigenvalue weighted by Gasteiger charge is 2.18. The van der Waals surface area contributed by atoms with Gasteiger partial charge in [-0.2, -0.15) is 11.3 Å². The molecule has 4 nitrogen and oxygen atoms in total. The van der Waals surface area contributed by atoms with E-state index in [0.29, 0.717) is 17.7 Å². The molecular weight excluding hydrogens is 320 g/mol. The van der Waals surface area contributed by atoms with Crippen molar-refractivity contribution in [3.05, 3.63) is 82.3 Å². The van der Waals surface area contributed by atoms with Crippen molar-refractivity contribution < 1.29 is 9.59 Å². The van der Waals surface area contributed by atoms with E-state index in [-0.39, 0.29) is 11.7 Å². The molecule has 0 radical (unpaired) electrons. The average molecular weight is 336 g/mol. The van der Waals surface area contributed by atoms with Gasteiger partial charge < -0.3 is 4.90 Å². The van der Waals surface area contributed by atoms with E-state index in [1.807, 2.05) is 29.0 Å². The Bertz CT molecular complexity index is 828. The molecule has 120 valence electrons. The third-order valence-electron chi connectivity index (χ3n) is 3.66. The number of hydrogen-bond acceptors (Lipinski definition) is 4. The van der Waals surface area contributed by atoms with E-state index >= 15 is 0 Å². The Morgan fingerprint density at radius 2 is 1.83 bits per heavy atom. The number of pyridine rings is 1. The highest BCUT2D eigenvalue weighted by Crippen LogP contribution is 2.20. The van der Waals surface area contributed by atoms with Gasteiger partial charge in [-0.05, 0) is 53.6 Å². The minimum absolute atomic E-state index is 0.0172. The number of nitrogens with zero attached hydrogens (tertiary/aromatic N) is 2. The van der Waals surface area contributed by atoms with Gasteiger partial charge in [-0.3, -0.25) is 14.6 Å². The molecule has 1 aromatic carbocycles. The minimum Gasteiger partial charge on any atom is -0.302 e. The van der Waals surface area contributed by atoms with Gasteiger partial charge in [0.2, 0.25) is 0 Å². The van der Waals surface area contributed by atoms with E-state index in [0.717, 1.165) is 11.3 Å². The van der Waals surface area contributed by atoms with Gasteiger partial charge in [0.1, 0.15) is 0 Å². The smallest absolute Gasteiger partial charge is 0.258 e. The number of rotatable bonds is 5. The summed E-state index contributed by atoms with van der Waals surface area (Å²) < 4.78 is 0. The third-order valence-corrected chi connectivity index (χ3v) is 4.39. The number of thiophene rings is 1. The lowest BCUT2D eigenvalue weighted by Gasteiger charge is -2.22. The van der Waals surface area contributed by atoms with Gasteiger partial charge in [-0.25, -0.2) is 0 Å². The third kappa shape index (κ3) is 3.58. The van der Waals surface area contributed by atoms with Gasteiger partial charge >= 0.3 is 0 Å². The number of anilines is 1. The topological polar surface area (TPSA) is 50.3 Å². The molecule has 0 N–H and O–H groups in total. The molecule has 0 aliphatic rings. The van der Waals surface area contributed by atoms with Gasteiger partial charge in [0.25, 0.3) is 5.91 Å². The molecule has 5 heteroatoms. The zero-order valence-electron chi connectivity index (χ0n) is 13.2. The first-order valence-electron chi connectivity index (χ1n) is 7.49. The number of hydrogen-bond donors (Lipinski definition) is 0. The molecule has 0 unspecified atom stereocenters. The van der Waals surface area contributed by atoms with E-state index in [4.69, 9.17) is 0 Å². The van der Waals surface area contributed by atoms with Crippen LogP contribution in [0.2, 0.25) is 0 Å². The molecule has 0 spiro atoms. The maximum absolute atomic E-state index is 13.0. The average Bonchev–Trinajstić information content (AvgIpc) is 3.13. The summed E-state index contributed by atoms with van der Waals surface area (Å²) in [6, 6.07) is 12.4. The van der Waals surface area contributed by atoms with Gasteiger partial charge in [0, 0.05) is 17.3 Å². The summed E-state index contributed by atoms with van der Waals surface area (Å²) in [6.45, 7) is 1.98. The Balaban J connectivity index is 1.92. The second-order valence-electron chi connectivity index (χ2n) is 5.37. The van der Waals surface area contributed by atoms with Crippen LogP contribution in [0, 0.1) is 0 Å². The van der Waals surface area contributed by atoms with E-state index < -0.39 is 0 Å². The summed E-state index contributed by atoms with van der Waals surface area (Å²) in [5.41, 5.74) is 2.94. The molecule has 0 bridgehead atoms. The van der Waals surface area contributed by atoms with Crippen LogP contribution in [0.4, 0.5) is 5.69 Å². The first kappa shape index (κ1) is 16.1. The molecule has 24 heavy (non-hydrogen) atoms. The summed E-state index contributed by atoms with van der Waals surface area (Å²) in [7, 11) is 0. The lowest BCUT2D eigenvalue weighted by molar-refractivity contribution is 0.0981. The summed E-state index contributed by atoms with van der Waals surface area (Å²) in [5, 5.41) is 4.01. The van der Waals surface area contributed by atoms with E-state index in [9.17, 15) is 9.59 Å². The number of aromatic nitrogens is 1. The molecule has 0 aliphatic carbocycles. The second-order valence-corrected chi connectivity index (χ2v) is 6.15. The van der Waals surface area contributed by atoms with Gasteiger partial charge in [-0.1, -0.05) is 12.1 Å². The predicted molar refractivity (Wildman–Crippen MR) is 95.5 cm³/mol. The molecule has 3 aromatic rings. The van der Waals surface area contributed by atoms with Crippen LogP contribution in [-0.2, 0) is 6.54 Å². The van der Waals surface area contributed by atoms with Crippen molar-refractivity contribution in [3.8, 4) is 0 Å². The first-order chi connectivity index (χ1) is 11.6. The van der Waals surface area contributed by atoms with Crippen LogP contribution >= 0.6 is 11.3 Å². The summed E-state index contributed by atoms with van der Waals surface area (Å²) >= 11 is 1.60. The number of carbonyl (C=O) groups excluding carboxylic acids is 2. The van der Waals surface area contributed by atoms with Crippen LogP contribution in [0.1, 0.15) is 33.2 Å². The van der Waals surface area contributed by atoms with Crippen LogP contribution in [-0.4, -0.2) is 16.7 Å². The fraction of sp³-hybridized carbons (Fsp3) is 0.105. The molecule has 0 aliphatic heterocycles. The standard InChI is InChI=1S/C19H16N2O2S/c1-14(22)16-4-6-17(7-5-16)19(23)21(12-15-8-10-24-13-15)18-3-2-9-20-11-18/h2-11,13H,12H2,1H3. The van der Waals surface area contributed by atoms with Crippen molar-refractivity contribution in [2.45, 2.75) is 13.5 Å². The Morgan fingerprint density at radius 3 is 2.42 bits per heavy atom. The number of ketones is 1. The molecule has 2 aromatic heterocycles. The highest BCUT2D eigenvalue weighted by molar-refractivity contribution is 7.07. The predicted octanol–water partition coefficient (Wildman–Crippen LogP) is 4.19. The molecule has 3 rings (SSSR count). The molecule has 0 saturated carbocycles. The largest absolute Gasteiger partial charge is 0.302 e. The normalized spacial score (nSPS) is 10.4. The minimum atomic E-state index is -0.121. The Labute approximate surface area is 144 Å². The molecular formula is C19H16N2O2S. The number of benzene rings is 1. The monoisotopic (exact) mass is 336 g/mol. The number of Topliss-reactive ketones (excluding diaryl/α,β-unsaturated/α-hetero) is 1. The Morgan fingerprint density at radius 1 is 1.08 bits per heavy atom. The van der Waals surface area contributed by atoms with Gasteiger partial charge in [-0.15, -0.1) is 0 Å². The van der Waals surface area contributed by atoms with Crippen LogP contribution in [0.25, 0.3) is 0 Å². The summed E-state index contributed by atoms with van der Waals surface area (Å²) in [6.07, 6.45) is 3.35. The van der Waals surface area contributed by atoms with Crippen molar-refractivity contribution in [1.82, 2.24) is 4.98 Å². The van der Waals surface area contributed by atoms with Crippen LogP contribution in [0.5, 0.6) is 0 Å². The second kappa shape index (κ2) is 7.19. The summed E-state index contributed by atoms with van der Waals surface area (Å²) in [4.78, 5) is 30.2. The molecule has 0 fully saturated rings. The molecule has 2 heterocycles. The SMILES string of the molecule is CC(=O)c1ccc(C(=O)N(Cc2ccsc2)c2cccnc2)cc1. The van der Waals surface area contributed by atoms with Crippen molar-refractivity contribution in [2.24, 2.45) is 0 Å². The van der Waals surface area contributed by atoms with Crippen molar-refractivity contribution in [3.63, 3.8) is 0 Å². The zero-order valence-corrected chi connectivity index (χ0v) is 14.0. The Kier molecular flexibility index (Phi) is 4.82. The van der Waals surface area contributed by atoms with Crippen LogP contribution < -0.4 is 4.90 Å². The fourth-order valence-corrected chi connectivity index (χ4v) is 3.02. The zero-order chi connectivity index (χ0) is 16.9. The van der Waals surface area contributed by atoms with Gasteiger partial charge in [0.05, 0.1) is 18.4 Å². The highest BCUT2D eigenvalue weighted by atomic mass is 32.1. The van der Waals surface area contributed by atoms with Crippen LogP contribution in [0.3, 0.4) is 0 Å². The van der Waals surface area contributed by atoms with Crippen molar-refractivity contribution in [1.29, 1.82) is 0 Å². The number of carbonyl (C=O) groups is 2. The Hall–Kier alpha value is -2.79. The summed E-state index contributed by atoms with van der Waals surface area (Å²) in [5.74, 6) is -0.138. The maximum Gasteiger partial charge on any atom is 0.258 e. The lowest BCUT2D eigenvalue weighted by Crippen LogP contribution is -2.30. The fourth-order valence-electron chi connectivity index (χ4n) is 2.36. The van der Waals surface area contributed by atoms with Crippen molar-refractivity contribution >= 4 is 28.7 Å². The van der Waals surface area contributed by atoms with E-state index in [1.54, 1.807) is 52.9 Å². The first-order valence-corrected chi connectivity index (χ1v) is 8.43. The van der Waals surface area contributed by atoms with Crippen LogP contribution in [0.15, 0.2) is 65.6 Å².